The van der Waals surface area contributed by atoms with Gasteiger partial charge in [0.05, 0.1) is 10.6 Å². The molecule has 2 aromatic rings. The molecule has 0 amide bonds. The largest absolute Gasteiger partial charge is 0.407 e. The van der Waals surface area contributed by atoms with Gasteiger partial charge in [0.2, 0.25) is 11.7 Å². The fraction of sp³-hybridized carbons (Fsp3) is 0.409. The molecular weight excluding hydrogens is 404 g/mol. The molecule has 0 aliphatic heterocycles. The first-order chi connectivity index (χ1) is 13.8. The average molecular weight is 433 g/mol. The summed E-state index contributed by atoms with van der Waals surface area (Å²) in [6, 6.07) is 2.97. The molecule has 0 saturated heterocycles. The van der Waals surface area contributed by atoms with Crippen molar-refractivity contribution < 1.29 is 22.7 Å². The van der Waals surface area contributed by atoms with Gasteiger partial charge in [-0.25, -0.2) is 13.1 Å². The van der Waals surface area contributed by atoms with E-state index in [0.717, 1.165) is 17.4 Å². The Kier molecular flexibility index (Phi) is 6.71. The number of sulfone groups is 1. The van der Waals surface area contributed by atoms with Crippen molar-refractivity contribution in [2.45, 2.75) is 59.9 Å². The van der Waals surface area contributed by atoms with Crippen LogP contribution < -0.4 is 4.74 Å². The Morgan fingerprint density at radius 1 is 1.07 bits per heavy atom. The second-order valence-electron chi connectivity index (χ2n) is 7.51. The predicted molar refractivity (Wildman–Crippen MR) is 116 cm³/mol. The molecule has 30 heavy (non-hydrogen) atoms. The molecule has 0 fully saturated rings. The third-order valence-corrected chi connectivity index (χ3v) is 6.18. The van der Waals surface area contributed by atoms with Crippen molar-refractivity contribution in [2.75, 3.05) is 6.26 Å². The summed E-state index contributed by atoms with van der Waals surface area (Å²) < 4.78 is 31.5. The molecule has 1 aromatic carbocycles. The second-order valence-corrected chi connectivity index (χ2v) is 9.50. The van der Waals surface area contributed by atoms with Crippen molar-refractivity contribution in [3.63, 3.8) is 0 Å². The van der Waals surface area contributed by atoms with Gasteiger partial charge < -0.3 is 4.74 Å². The quantitative estimate of drug-likeness (QED) is 0.508. The summed E-state index contributed by atoms with van der Waals surface area (Å²) in [7, 11) is -3.50. The molecule has 7 nitrogen and oxygen atoms in total. The molecule has 1 aromatic heterocycles. The van der Waals surface area contributed by atoms with Gasteiger partial charge in [0.15, 0.2) is 9.84 Å². The van der Waals surface area contributed by atoms with Gasteiger partial charge in [-0.2, -0.15) is 5.10 Å². The number of hydrogen-bond acceptors (Lipinski definition) is 6. The monoisotopic (exact) mass is 432 g/mol. The van der Waals surface area contributed by atoms with Gasteiger partial charge in [-0.1, -0.05) is 5.57 Å². The highest BCUT2D eigenvalue weighted by Gasteiger charge is 2.28. The van der Waals surface area contributed by atoms with E-state index in [9.17, 15) is 18.0 Å². The van der Waals surface area contributed by atoms with Crippen LogP contribution in [0.25, 0.3) is 5.57 Å². The standard InChI is InChI=1S/C22H28N2O5S/c1-9-24-22(29-16(7)25)20(15(6)23-24)21(26)17-10-11-18(30(8,27)28)19(14(17)5)13(4)12(2)3/h10-11H,9H2,1-8H3. The van der Waals surface area contributed by atoms with Crippen LogP contribution in [0.4, 0.5) is 0 Å². The molecule has 8 heteroatoms. The van der Waals surface area contributed by atoms with Crippen LogP contribution in [0.15, 0.2) is 22.6 Å². The zero-order chi connectivity index (χ0) is 23.0. The van der Waals surface area contributed by atoms with Crippen LogP contribution in [0, 0.1) is 13.8 Å². The maximum atomic E-state index is 13.5. The molecule has 0 spiro atoms. The summed E-state index contributed by atoms with van der Waals surface area (Å²) >= 11 is 0. The van der Waals surface area contributed by atoms with Crippen LogP contribution in [0.1, 0.15) is 67.4 Å². The van der Waals surface area contributed by atoms with Crippen LogP contribution in [0.3, 0.4) is 0 Å². The number of ketones is 1. The number of aryl methyl sites for hydroxylation is 2. The Balaban J connectivity index is 2.83. The average Bonchev–Trinajstić information content (AvgIpc) is 2.93. The fourth-order valence-corrected chi connectivity index (χ4v) is 4.36. The molecule has 0 bridgehead atoms. The minimum Gasteiger partial charge on any atom is -0.407 e. The fourth-order valence-electron chi connectivity index (χ4n) is 3.37. The highest BCUT2D eigenvalue weighted by Crippen LogP contribution is 2.34. The van der Waals surface area contributed by atoms with E-state index < -0.39 is 15.8 Å². The lowest BCUT2D eigenvalue weighted by Gasteiger charge is -2.17. The Morgan fingerprint density at radius 2 is 1.67 bits per heavy atom. The maximum absolute atomic E-state index is 13.5. The van der Waals surface area contributed by atoms with Crippen LogP contribution >= 0.6 is 0 Å². The molecule has 1 heterocycles. The first-order valence-corrected chi connectivity index (χ1v) is 11.5. The minimum absolute atomic E-state index is 0.0968. The Hall–Kier alpha value is -2.74. The summed E-state index contributed by atoms with van der Waals surface area (Å²) in [5.41, 5.74) is 3.79. The van der Waals surface area contributed by atoms with Gasteiger partial charge in [0, 0.05) is 25.3 Å². The normalized spacial score (nSPS) is 11.3. The molecule has 0 saturated carbocycles. The number of aromatic nitrogens is 2. The number of nitrogens with zero attached hydrogens (tertiary/aromatic N) is 2. The van der Waals surface area contributed by atoms with E-state index in [1.165, 1.54) is 23.7 Å². The van der Waals surface area contributed by atoms with Crippen molar-refractivity contribution in [2.24, 2.45) is 0 Å². The summed E-state index contributed by atoms with van der Waals surface area (Å²) in [5, 5.41) is 4.31. The number of carbonyl (C=O) groups excluding carboxylic acids is 2. The minimum atomic E-state index is -3.50. The molecule has 162 valence electrons. The summed E-state index contributed by atoms with van der Waals surface area (Å²) in [4.78, 5) is 25.3. The first-order valence-electron chi connectivity index (χ1n) is 9.59. The summed E-state index contributed by atoms with van der Waals surface area (Å²) in [5.74, 6) is -0.827. The highest BCUT2D eigenvalue weighted by molar-refractivity contribution is 7.90. The van der Waals surface area contributed by atoms with E-state index in [1.54, 1.807) is 13.8 Å². The Labute approximate surface area is 177 Å². The van der Waals surface area contributed by atoms with Crippen molar-refractivity contribution in [3.05, 3.63) is 45.7 Å². The number of rotatable bonds is 6. The zero-order valence-electron chi connectivity index (χ0n) is 18.7. The van der Waals surface area contributed by atoms with Crippen molar-refractivity contribution >= 4 is 27.2 Å². The summed E-state index contributed by atoms with van der Waals surface area (Å²) in [6.45, 7) is 12.5. The third kappa shape index (κ3) is 4.38. The highest BCUT2D eigenvalue weighted by atomic mass is 32.2. The number of hydrogen-bond donors (Lipinski definition) is 0. The van der Waals surface area contributed by atoms with Crippen LogP contribution in [-0.4, -0.2) is 36.2 Å². The lowest BCUT2D eigenvalue weighted by Crippen LogP contribution is -2.14. The molecule has 0 radical (unpaired) electrons. The molecule has 0 N–H and O–H groups in total. The first kappa shape index (κ1) is 23.5. The number of ether oxygens (including phenoxy) is 1. The summed E-state index contributed by atoms with van der Waals surface area (Å²) in [6.07, 6.45) is 1.15. The lowest BCUT2D eigenvalue weighted by atomic mass is 9.91. The van der Waals surface area contributed by atoms with E-state index in [2.05, 4.69) is 5.10 Å². The van der Waals surface area contributed by atoms with Gasteiger partial charge >= 0.3 is 5.97 Å². The predicted octanol–water partition coefficient (Wildman–Crippen LogP) is 3.89. The third-order valence-electron chi connectivity index (χ3n) is 5.04. The topological polar surface area (TPSA) is 95.3 Å². The zero-order valence-corrected chi connectivity index (χ0v) is 19.5. The van der Waals surface area contributed by atoms with Crippen molar-refractivity contribution in [1.29, 1.82) is 0 Å². The SMILES string of the molecule is CCn1nc(C)c(C(=O)c2ccc(S(C)(=O)=O)c(C(C)=C(C)C)c2C)c1OC(C)=O. The van der Waals surface area contributed by atoms with E-state index in [4.69, 9.17) is 4.74 Å². The number of carbonyl (C=O) groups is 2. The second kappa shape index (κ2) is 8.55. The van der Waals surface area contributed by atoms with E-state index >= 15 is 0 Å². The number of allylic oxidation sites excluding steroid dienone is 2. The Morgan fingerprint density at radius 3 is 2.13 bits per heavy atom. The maximum Gasteiger partial charge on any atom is 0.309 e. The molecule has 2 rings (SSSR count). The van der Waals surface area contributed by atoms with Crippen LogP contribution in [0.2, 0.25) is 0 Å². The van der Waals surface area contributed by atoms with Gasteiger partial charge in [-0.05, 0) is 70.4 Å². The molecular formula is C22H28N2O5S. The molecule has 0 atom stereocenters. The van der Waals surface area contributed by atoms with Crippen molar-refractivity contribution in [1.82, 2.24) is 9.78 Å². The Bertz CT molecular complexity index is 1170. The van der Waals surface area contributed by atoms with Gasteiger partial charge in [-0.3, -0.25) is 9.59 Å². The van der Waals surface area contributed by atoms with E-state index in [1.807, 2.05) is 27.7 Å². The van der Waals surface area contributed by atoms with Crippen molar-refractivity contribution in [3.8, 4) is 5.88 Å². The number of benzene rings is 1. The van der Waals surface area contributed by atoms with Gasteiger partial charge in [0.1, 0.15) is 5.56 Å². The smallest absolute Gasteiger partial charge is 0.309 e. The van der Waals surface area contributed by atoms with E-state index in [-0.39, 0.29) is 22.1 Å². The van der Waals surface area contributed by atoms with Crippen LogP contribution in [0.5, 0.6) is 5.88 Å². The number of esters is 1. The molecule has 0 unspecified atom stereocenters. The molecule has 0 aliphatic rings. The lowest BCUT2D eigenvalue weighted by molar-refractivity contribution is -0.132. The van der Waals surface area contributed by atoms with Gasteiger partial charge in [0.25, 0.3) is 0 Å². The van der Waals surface area contributed by atoms with Gasteiger partial charge in [-0.15, -0.1) is 0 Å². The van der Waals surface area contributed by atoms with Crippen LogP contribution in [-0.2, 0) is 21.2 Å². The van der Waals surface area contributed by atoms with E-state index in [0.29, 0.717) is 28.9 Å². The molecule has 0 aliphatic carbocycles.